The minimum atomic E-state index is -0.506. The van der Waals surface area contributed by atoms with E-state index in [1.54, 1.807) is 0 Å². The molecule has 6 aromatic rings. The first-order valence-electron chi connectivity index (χ1n) is 20.3. The number of pyridine rings is 1. The van der Waals surface area contributed by atoms with Gasteiger partial charge in [-0.15, -0.1) is 17.2 Å². The fraction of sp³-hybridized carbons (Fsp3) is 0.385. The average Bonchev–Trinajstić information content (AvgIpc) is 3.48. The Kier molecular flexibility index (Phi) is 10.9. The van der Waals surface area contributed by atoms with Crippen LogP contribution < -0.4 is 4.74 Å². The first-order chi connectivity index (χ1) is 26.4. The smallest absolute Gasteiger partial charge is 0.244 e. The molecule has 5 nitrogen and oxygen atoms in total. The molecular formula is C52H60N3O2Pt-. The molecule has 0 fully saturated rings. The van der Waals surface area contributed by atoms with Gasteiger partial charge in [0.15, 0.2) is 0 Å². The van der Waals surface area contributed by atoms with Crippen molar-refractivity contribution in [2.75, 3.05) is 0 Å². The van der Waals surface area contributed by atoms with Crippen LogP contribution in [0, 0.1) is 19.9 Å². The molecule has 1 aliphatic heterocycles. The molecule has 7 rings (SSSR count). The van der Waals surface area contributed by atoms with Gasteiger partial charge in [0.1, 0.15) is 17.3 Å². The van der Waals surface area contributed by atoms with E-state index in [1.165, 1.54) is 5.56 Å². The minimum Gasteiger partial charge on any atom is -0.507 e. The maximum atomic E-state index is 12.6. The van der Waals surface area contributed by atoms with Crippen LogP contribution in [0.4, 0.5) is 0 Å². The molecule has 0 saturated heterocycles. The summed E-state index contributed by atoms with van der Waals surface area (Å²) >= 11 is 0. The number of phenolic OH excluding ortho intramolecular Hbond substituents is 1. The first kappa shape index (κ1) is 43.1. The minimum absolute atomic E-state index is 0. The van der Waals surface area contributed by atoms with Crippen LogP contribution in [0.5, 0.6) is 17.4 Å². The fourth-order valence-corrected chi connectivity index (χ4v) is 8.54. The molecule has 1 aliphatic rings. The third kappa shape index (κ3) is 7.27. The molecule has 2 aromatic heterocycles. The molecule has 0 amide bonds. The van der Waals surface area contributed by atoms with Crippen LogP contribution in [0.15, 0.2) is 85.1 Å². The van der Waals surface area contributed by atoms with Crippen molar-refractivity contribution < 1.29 is 30.9 Å². The summed E-state index contributed by atoms with van der Waals surface area (Å²) in [4.78, 5) is 10.3. The van der Waals surface area contributed by atoms with E-state index in [-0.39, 0.29) is 43.1 Å². The Hall–Kier alpha value is -4.47. The van der Waals surface area contributed by atoms with E-state index in [9.17, 15) is 5.11 Å². The van der Waals surface area contributed by atoms with Crippen LogP contribution in [-0.4, -0.2) is 19.6 Å². The van der Waals surface area contributed by atoms with Crippen LogP contribution in [0.2, 0.25) is 0 Å². The van der Waals surface area contributed by atoms with Crippen molar-refractivity contribution in [2.45, 2.75) is 131 Å². The Labute approximate surface area is 361 Å². The first-order valence-corrected chi connectivity index (χ1v) is 20.3. The number of nitrogens with zero attached hydrogens (tertiary/aromatic N) is 3. The molecule has 6 heteroatoms. The van der Waals surface area contributed by atoms with E-state index >= 15 is 0 Å². The fourth-order valence-electron chi connectivity index (χ4n) is 8.54. The summed E-state index contributed by atoms with van der Waals surface area (Å²) in [6.45, 7) is 33.5. The summed E-state index contributed by atoms with van der Waals surface area (Å²) in [7, 11) is 0. The molecule has 4 aromatic carbocycles. The van der Waals surface area contributed by atoms with Gasteiger partial charge in [0, 0.05) is 49.6 Å². The van der Waals surface area contributed by atoms with Gasteiger partial charge >= 0.3 is 0 Å². The summed E-state index contributed by atoms with van der Waals surface area (Å²) in [5.41, 5.74) is 11.6. The molecule has 0 unspecified atom stereocenters. The van der Waals surface area contributed by atoms with Crippen molar-refractivity contribution in [2.24, 2.45) is 0 Å². The third-order valence-electron chi connectivity index (χ3n) is 12.5. The SMILES string of the molecule is Cc1cccc(C)c1-c1c(Oc2[c-]c(-c3cc(-c4ccccc4)ccn3)cc(C(C)(C)C)c2)nc2n1C(C)(C)C(C)(C)c1c(C(C)(C)C)cc(C(C)(C)C)c(O)c1-2.[Pt]. The molecule has 0 atom stereocenters. The number of phenols is 1. The Bertz CT molecular complexity index is 2500. The van der Waals surface area contributed by atoms with Gasteiger partial charge < -0.3 is 19.4 Å². The predicted octanol–water partition coefficient (Wildman–Crippen LogP) is 13.8. The van der Waals surface area contributed by atoms with Crippen molar-refractivity contribution in [1.82, 2.24) is 14.5 Å². The van der Waals surface area contributed by atoms with Crippen molar-refractivity contribution >= 4 is 0 Å². The quantitative estimate of drug-likeness (QED) is 0.175. The Morgan fingerprint density at radius 3 is 1.90 bits per heavy atom. The van der Waals surface area contributed by atoms with Gasteiger partial charge in [0.05, 0.1) is 11.1 Å². The standard InChI is InChI=1S/C52H60N3O2.Pt/c1-31-20-19-21-32(2)41(31)44-47(57-37-27-35(26-36(29-37)48(3,4)5)40-28-34(24-25-53-40)33-22-17-16-18-23-33)54-46-42-43(51(12,13)52(14,15)55(44)46)38(49(6,7)8)30-39(45(42)56)50(9,10)11;/h16-26,28-30,56H,1-15H3;/q-1;. The molecule has 0 radical (unpaired) electrons. The Balaban J connectivity index is 0.00000567. The van der Waals surface area contributed by atoms with Gasteiger partial charge in [-0.25, -0.2) is 0 Å². The van der Waals surface area contributed by atoms with Crippen LogP contribution in [-0.2, 0) is 48.3 Å². The van der Waals surface area contributed by atoms with Gasteiger partial charge in [0.25, 0.3) is 0 Å². The van der Waals surface area contributed by atoms with Gasteiger partial charge in [-0.1, -0.05) is 149 Å². The summed E-state index contributed by atoms with van der Waals surface area (Å²) in [6, 6.07) is 31.1. The molecule has 306 valence electrons. The molecule has 0 aliphatic carbocycles. The number of aromatic hydroxyl groups is 1. The maximum absolute atomic E-state index is 12.6. The normalized spacial score (nSPS) is 14.7. The van der Waals surface area contributed by atoms with Crippen LogP contribution in [0.1, 0.15) is 123 Å². The van der Waals surface area contributed by atoms with E-state index in [2.05, 4.69) is 181 Å². The number of hydrogen-bond acceptors (Lipinski definition) is 4. The topological polar surface area (TPSA) is 60.2 Å². The number of aryl methyl sites for hydroxylation is 2. The summed E-state index contributed by atoms with van der Waals surface area (Å²) in [5.74, 6) is 2.04. The molecule has 1 N–H and O–H groups in total. The summed E-state index contributed by atoms with van der Waals surface area (Å²) in [6.07, 6.45) is 1.86. The predicted molar refractivity (Wildman–Crippen MR) is 237 cm³/mol. The number of imidazole rings is 1. The van der Waals surface area contributed by atoms with Gasteiger partial charge in [-0.3, -0.25) is 0 Å². The van der Waals surface area contributed by atoms with E-state index in [1.807, 2.05) is 18.3 Å². The summed E-state index contributed by atoms with van der Waals surface area (Å²) in [5, 5.41) is 12.6. The van der Waals surface area contributed by atoms with Gasteiger partial charge in [0.2, 0.25) is 5.88 Å². The second-order valence-corrected chi connectivity index (χ2v) is 20.2. The monoisotopic (exact) mass is 953 g/mol. The number of rotatable bonds is 5. The largest absolute Gasteiger partial charge is 0.507 e. The van der Waals surface area contributed by atoms with Crippen LogP contribution >= 0.6 is 0 Å². The van der Waals surface area contributed by atoms with E-state index in [0.29, 0.717) is 17.5 Å². The zero-order chi connectivity index (χ0) is 41.6. The average molecular weight is 954 g/mol. The van der Waals surface area contributed by atoms with Crippen molar-refractivity contribution in [3.05, 3.63) is 125 Å². The van der Waals surface area contributed by atoms with Crippen LogP contribution in [0.3, 0.4) is 0 Å². The van der Waals surface area contributed by atoms with E-state index in [0.717, 1.165) is 67.0 Å². The zero-order valence-corrected chi connectivity index (χ0v) is 39.4. The number of benzene rings is 4. The van der Waals surface area contributed by atoms with E-state index in [4.69, 9.17) is 14.7 Å². The summed E-state index contributed by atoms with van der Waals surface area (Å²) < 4.78 is 9.51. The van der Waals surface area contributed by atoms with Crippen molar-refractivity contribution in [1.29, 1.82) is 0 Å². The molecule has 58 heavy (non-hydrogen) atoms. The maximum Gasteiger partial charge on any atom is 0.244 e. The molecule has 0 saturated carbocycles. The van der Waals surface area contributed by atoms with Gasteiger partial charge in [-0.2, -0.15) is 4.98 Å². The third-order valence-corrected chi connectivity index (χ3v) is 12.5. The van der Waals surface area contributed by atoms with Crippen molar-refractivity contribution in [3.63, 3.8) is 0 Å². The van der Waals surface area contributed by atoms with Gasteiger partial charge in [-0.05, 0) is 89.1 Å². The molecule has 3 heterocycles. The number of fused-ring (bicyclic) bond motifs is 3. The zero-order valence-electron chi connectivity index (χ0n) is 37.1. The molecular weight excluding hydrogens is 894 g/mol. The number of ether oxygens (including phenoxy) is 1. The Morgan fingerprint density at radius 1 is 0.690 bits per heavy atom. The molecule has 0 bridgehead atoms. The van der Waals surface area contributed by atoms with Crippen LogP contribution in [0.25, 0.3) is 45.0 Å². The second kappa shape index (κ2) is 14.7. The molecule has 0 spiro atoms. The number of hydrogen-bond donors (Lipinski definition) is 1. The van der Waals surface area contributed by atoms with Crippen molar-refractivity contribution in [3.8, 4) is 62.4 Å². The Morgan fingerprint density at radius 2 is 1.31 bits per heavy atom. The second-order valence-electron chi connectivity index (χ2n) is 20.2. The number of aromatic nitrogens is 3. The van der Waals surface area contributed by atoms with E-state index < -0.39 is 11.0 Å².